The predicted molar refractivity (Wildman–Crippen MR) is 79.3 cm³/mol. The zero-order valence-electron chi connectivity index (χ0n) is 12.5. The third kappa shape index (κ3) is 5.00. The lowest BCUT2D eigenvalue weighted by molar-refractivity contribution is 0.189. The Morgan fingerprint density at radius 2 is 2.05 bits per heavy atom. The Morgan fingerprint density at radius 1 is 1.26 bits per heavy atom. The van der Waals surface area contributed by atoms with Gasteiger partial charge in [0.25, 0.3) is 0 Å². The van der Waals surface area contributed by atoms with Crippen LogP contribution in [0.25, 0.3) is 0 Å². The molecule has 1 N–H and O–H groups in total. The third-order valence-electron chi connectivity index (χ3n) is 4.16. The van der Waals surface area contributed by atoms with Gasteiger partial charge in [-0.15, -0.1) is 0 Å². The molecule has 1 aromatic rings. The van der Waals surface area contributed by atoms with Crippen LogP contribution in [0.3, 0.4) is 0 Å². The summed E-state index contributed by atoms with van der Waals surface area (Å²) < 4.78 is 5.53. The summed E-state index contributed by atoms with van der Waals surface area (Å²) in [6.45, 7) is 5.11. The standard InChI is InChI=1S/C16H28N2O/c1-14-9-10-16(19-14)13-17-11-6-12-18(2)15-7-4-3-5-8-15/h9-10,15,17H,3-8,11-13H2,1-2H3. The van der Waals surface area contributed by atoms with Crippen LogP contribution in [0.15, 0.2) is 16.5 Å². The van der Waals surface area contributed by atoms with Crippen LogP contribution in [-0.4, -0.2) is 31.1 Å². The predicted octanol–water partition coefficient (Wildman–Crippen LogP) is 3.33. The Kier molecular flexibility index (Phi) is 5.93. The topological polar surface area (TPSA) is 28.4 Å². The summed E-state index contributed by atoms with van der Waals surface area (Å²) in [5.74, 6) is 2.03. The van der Waals surface area contributed by atoms with Crippen LogP contribution in [-0.2, 0) is 6.54 Å². The van der Waals surface area contributed by atoms with E-state index >= 15 is 0 Å². The number of furan rings is 1. The minimum Gasteiger partial charge on any atom is -0.465 e. The average molecular weight is 264 g/mol. The maximum Gasteiger partial charge on any atom is 0.117 e. The second-order valence-corrected chi connectivity index (χ2v) is 5.82. The fourth-order valence-electron chi connectivity index (χ4n) is 2.95. The Labute approximate surface area is 117 Å². The van der Waals surface area contributed by atoms with E-state index in [-0.39, 0.29) is 0 Å². The van der Waals surface area contributed by atoms with Crippen molar-refractivity contribution in [3.05, 3.63) is 23.7 Å². The molecule has 1 aliphatic rings. The number of rotatable bonds is 7. The zero-order chi connectivity index (χ0) is 13.5. The maximum atomic E-state index is 5.53. The van der Waals surface area contributed by atoms with Crippen molar-refractivity contribution < 1.29 is 4.42 Å². The van der Waals surface area contributed by atoms with Gasteiger partial charge < -0.3 is 14.6 Å². The molecule has 1 heterocycles. The average Bonchev–Trinajstić information content (AvgIpc) is 2.85. The van der Waals surface area contributed by atoms with Crippen LogP contribution in [0.5, 0.6) is 0 Å². The molecule has 0 spiro atoms. The van der Waals surface area contributed by atoms with Crippen molar-refractivity contribution in [2.75, 3.05) is 20.1 Å². The fraction of sp³-hybridized carbons (Fsp3) is 0.750. The van der Waals surface area contributed by atoms with Gasteiger partial charge in [-0.1, -0.05) is 19.3 Å². The molecule has 1 aliphatic carbocycles. The maximum absolute atomic E-state index is 5.53. The summed E-state index contributed by atoms with van der Waals surface area (Å²) in [7, 11) is 2.28. The normalized spacial score (nSPS) is 17.2. The highest BCUT2D eigenvalue weighted by atomic mass is 16.3. The van der Waals surface area contributed by atoms with E-state index in [0.717, 1.165) is 30.7 Å². The molecule has 0 atom stereocenters. The van der Waals surface area contributed by atoms with E-state index in [1.165, 1.54) is 45.1 Å². The molecule has 3 nitrogen and oxygen atoms in total. The van der Waals surface area contributed by atoms with Crippen LogP contribution >= 0.6 is 0 Å². The number of aryl methyl sites for hydroxylation is 1. The molecular formula is C16H28N2O. The minimum absolute atomic E-state index is 0.835. The van der Waals surface area contributed by atoms with Gasteiger partial charge >= 0.3 is 0 Å². The van der Waals surface area contributed by atoms with Gasteiger partial charge in [0.15, 0.2) is 0 Å². The lowest BCUT2D eigenvalue weighted by Gasteiger charge is -2.31. The number of hydrogen-bond donors (Lipinski definition) is 1. The second kappa shape index (κ2) is 7.71. The van der Waals surface area contributed by atoms with Gasteiger partial charge in [0.05, 0.1) is 6.54 Å². The summed E-state index contributed by atoms with van der Waals surface area (Å²) >= 11 is 0. The highest BCUT2D eigenvalue weighted by molar-refractivity contribution is 5.04. The lowest BCUT2D eigenvalue weighted by Crippen LogP contribution is -2.35. The summed E-state index contributed by atoms with van der Waals surface area (Å²) in [6, 6.07) is 4.91. The third-order valence-corrected chi connectivity index (χ3v) is 4.16. The van der Waals surface area contributed by atoms with Crippen LogP contribution in [0.4, 0.5) is 0 Å². The molecule has 0 aromatic carbocycles. The van der Waals surface area contributed by atoms with E-state index in [9.17, 15) is 0 Å². The fourth-order valence-corrected chi connectivity index (χ4v) is 2.95. The van der Waals surface area contributed by atoms with E-state index in [1.54, 1.807) is 0 Å². The van der Waals surface area contributed by atoms with Crippen molar-refractivity contribution in [2.45, 2.75) is 58.0 Å². The number of hydrogen-bond acceptors (Lipinski definition) is 3. The highest BCUT2D eigenvalue weighted by Crippen LogP contribution is 2.21. The largest absolute Gasteiger partial charge is 0.465 e. The van der Waals surface area contributed by atoms with Crippen LogP contribution < -0.4 is 5.32 Å². The minimum atomic E-state index is 0.835. The summed E-state index contributed by atoms with van der Waals surface area (Å²) in [4.78, 5) is 2.55. The van der Waals surface area contributed by atoms with Gasteiger partial charge in [-0.3, -0.25) is 0 Å². The molecule has 0 amide bonds. The first kappa shape index (κ1) is 14.6. The van der Waals surface area contributed by atoms with Gasteiger partial charge in [0.2, 0.25) is 0 Å². The summed E-state index contributed by atoms with van der Waals surface area (Å²) in [6.07, 6.45) is 8.29. The molecule has 1 aromatic heterocycles. The molecule has 108 valence electrons. The zero-order valence-corrected chi connectivity index (χ0v) is 12.5. The first-order valence-electron chi connectivity index (χ1n) is 7.72. The molecule has 0 bridgehead atoms. The van der Waals surface area contributed by atoms with Crippen molar-refractivity contribution in [2.24, 2.45) is 0 Å². The quantitative estimate of drug-likeness (QED) is 0.766. The molecule has 0 radical (unpaired) electrons. The van der Waals surface area contributed by atoms with E-state index in [4.69, 9.17) is 4.42 Å². The van der Waals surface area contributed by atoms with Crippen LogP contribution in [0, 0.1) is 6.92 Å². The van der Waals surface area contributed by atoms with E-state index in [1.807, 2.05) is 13.0 Å². The smallest absolute Gasteiger partial charge is 0.117 e. The molecule has 1 fully saturated rings. The van der Waals surface area contributed by atoms with Crippen LogP contribution in [0.1, 0.15) is 50.0 Å². The molecule has 1 saturated carbocycles. The molecule has 0 unspecified atom stereocenters. The van der Waals surface area contributed by atoms with Crippen molar-refractivity contribution in [1.29, 1.82) is 0 Å². The highest BCUT2D eigenvalue weighted by Gasteiger charge is 2.16. The monoisotopic (exact) mass is 264 g/mol. The Hall–Kier alpha value is -0.800. The van der Waals surface area contributed by atoms with Crippen LogP contribution in [0.2, 0.25) is 0 Å². The Bertz CT molecular complexity index is 355. The van der Waals surface area contributed by atoms with Crippen molar-refractivity contribution in [3.8, 4) is 0 Å². The molecular weight excluding hydrogens is 236 g/mol. The first-order valence-corrected chi connectivity index (χ1v) is 7.72. The summed E-state index contributed by atoms with van der Waals surface area (Å²) in [5, 5.41) is 3.45. The lowest BCUT2D eigenvalue weighted by atomic mass is 9.94. The van der Waals surface area contributed by atoms with Gasteiger partial charge in [-0.25, -0.2) is 0 Å². The van der Waals surface area contributed by atoms with E-state index in [2.05, 4.69) is 23.3 Å². The van der Waals surface area contributed by atoms with Gasteiger partial charge in [-0.05, 0) is 58.5 Å². The molecule has 3 heteroatoms. The van der Waals surface area contributed by atoms with Gasteiger partial charge in [0, 0.05) is 6.04 Å². The number of nitrogens with zero attached hydrogens (tertiary/aromatic N) is 1. The number of nitrogens with one attached hydrogen (secondary N) is 1. The Balaban J connectivity index is 1.53. The Morgan fingerprint density at radius 3 is 2.74 bits per heavy atom. The van der Waals surface area contributed by atoms with Crippen molar-refractivity contribution >= 4 is 0 Å². The first-order chi connectivity index (χ1) is 9.25. The SMILES string of the molecule is Cc1ccc(CNCCCN(C)C2CCCCC2)o1. The molecule has 19 heavy (non-hydrogen) atoms. The summed E-state index contributed by atoms with van der Waals surface area (Å²) in [5.41, 5.74) is 0. The van der Waals surface area contributed by atoms with Crippen molar-refractivity contribution in [1.82, 2.24) is 10.2 Å². The van der Waals surface area contributed by atoms with Crippen molar-refractivity contribution in [3.63, 3.8) is 0 Å². The van der Waals surface area contributed by atoms with E-state index < -0.39 is 0 Å². The molecule has 2 rings (SSSR count). The second-order valence-electron chi connectivity index (χ2n) is 5.82. The van der Waals surface area contributed by atoms with E-state index in [0.29, 0.717) is 0 Å². The molecule has 0 aliphatic heterocycles. The van der Waals surface area contributed by atoms with Gasteiger partial charge in [-0.2, -0.15) is 0 Å². The molecule has 0 saturated heterocycles. The van der Waals surface area contributed by atoms with Gasteiger partial charge in [0.1, 0.15) is 11.5 Å².